The Hall–Kier alpha value is -0.610. The summed E-state index contributed by atoms with van der Waals surface area (Å²) in [4.78, 5) is 12.3. The summed E-state index contributed by atoms with van der Waals surface area (Å²) in [6.07, 6.45) is 0. The Balaban J connectivity index is 3.71. The second-order valence-corrected chi connectivity index (χ2v) is 2.27. The molecule has 4 nitrogen and oxygen atoms in total. The molecule has 0 rings (SSSR count). The van der Waals surface area contributed by atoms with Crippen LogP contribution in [0.2, 0.25) is 0 Å². The first-order valence-corrected chi connectivity index (χ1v) is 3.21. The SMILES string of the molecule is C[C@@H](N)C(=O)N(C)CCO. The Labute approximate surface area is 60.6 Å². The smallest absolute Gasteiger partial charge is 0.239 e. The van der Waals surface area contributed by atoms with Gasteiger partial charge in [0.25, 0.3) is 0 Å². The molecular weight excluding hydrogens is 132 g/mol. The zero-order valence-corrected chi connectivity index (χ0v) is 6.37. The average Bonchev–Trinajstić information content (AvgIpc) is 1.87. The Bertz CT molecular complexity index is 114. The molecule has 0 bridgehead atoms. The molecule has 4 heteroatoms. The second-order valence-electron chi connectivity index (χ2n) is 2.27. The first kappa shape index (κ1) is 9.39. The van der Waals surface area contributed by atoms with Crippen LogP contribution in [0.1, 0.15) is 6.92 Å². The van der Waals surface area contributed by atoms with Crippen molar-refractivity contribution in [1.82, 2.24) is 4.90 Å². The third kappa shape index (κ3) is 2.80. The molecule has 1 atom stereocenters. The summed E-state index contributed by atoms with van der Waals surface area (Å²) in [5.41, 5.74) is 5.29. The van der Waals surface area contributed by atoms with E-state index >= 15 is 0 Å². The first-order chi connectivity index (χ1) is 4.59. The number of carbonyl (C=O) groups is 1. The van der Waals surface area contributed by atoms with E-state index in [2.05, 4.69) is 0 Å². The Morgan fingerprint density at radius 2 is 2.30 bits per heavy atom. The fourth-order valence-electron chi connectivity index (χ4n) is 0.608. The number of aliphatic hydroxyl groups is 1. The molecule has 60 valence electrons. The highest BCUT2D eigenvalue weighted by molar-refractivity contribution is 5.80. The van der Waals surface area contributed by atoms with Gasteiger partial charge in [0.1, 0.15) is 0 Å². The predicted molar refractivity (Wildman–Crippen MR) is 38.4 cm³/mol. The molecule has 10 heavy (non-hydrogen) atoms. The minimum atomic E-state index is -0.475. The number of hydrogen-bond acceptors (Lipinski definition) is 3. The first-order valence-electron chi connectivity index (χ1n) is 3.21. The van der Waals surface area contributed by atoms with E-state index in [-0.39, 0.29) is 12.5 Å². The fourth-order valence-corrected chi connectivity index (χ4v) is 0.608. The van der Waals surface area contributed by atoms with Crippen LogP contribution in [0.25, 0.3) is 0 Å². The number of aliphatic hydroxyl groups excluding tert-OH is 1. The molecular formula is C6H14N2O2. The number of rotatable bonds is 3. The topological polar surface area (TPSA) is 66.6 Å². The minimum absolute atomic E-state index is 0.0189. The summed E-state index contributed by atoms with van der Waals surface area (Å²) >= 11 is 0. The van der Waals surface area contributed by atoms with Crippen molar-refractivity contribution in [2.75, 3.05) is 20.2 Å². The van der Waals surface area contributed by atoms with Crippen LogP contribution in [0.5, 0.6) is 0 Å². The summed E-state index contributed by atoms with van der Waals surface area (Å²) < 4.78 is 0. The lowest BCUT2D eigenvalue weighted by atomic mass is 10.3. The molecule has 0 aromatic carbocycles. The van der Waals surface area contributed by atoms with Gasteiger partial charge >= 0.3 is 0 Å². The summed E-state index contributed by atoms with van der Waals surface area (Å²) in [6.45, 7) is 1.95. The standard InChI is InChI=1S/C6H14N2O2/c1-5(7)6(10)8(2)3-4-9/h5,9H,3-4,7H2,1-2H3/t5-/m1/s1. The highest BCUT2D eigenvalue weighted by Gasteiger charge is 2.11. The molecule has 0 fully saturated rings. The predicted octanol–water partition coefficient (Wildman–Crippen LogP) is -1.22. The van der Waals surface area contributed by atoms with Crippen LogP contribution >= 0.6 is 0 Å². The van der Waals surface area contributed by atoms with Crippen molar-refractivity contribution in [1.29, 1.82) is 0 Å². The molecule has 0 saturated carbocycles. The van der Waals surface area contributed by atoms with Crippen LogP contribution in [0.3, 0.4) is 0 Å². The van der Waals surface area contributed by atoms with E-state index in [4.69, 9.17) is 10.8 Å². The van der Waals surface area contributed by atoms with Crippen LogP contribution in [-0.2, 0) is 4.79 Å². The average molecular weight is 146 g/mol. The van der Waals surface area contributed by atoms with Crippen molar-refractivity contribution in [2.45, 2.75) is 13.0 Å². The lowest BCUT2D eigenvalue weighted by Gasteiger charge is -2.17. The van der Waals surface area contributed by atoms with Gasteiger partial charge in [0.05, 0.1) is 12.6 Å². The van der Waals surface area contributed by atoms with E-state index in [1.165, 1.54) is 4.90 Å². The van der Waals surface area contributed by atoms with Gasteiger partial charge in [-0.1, -0.05) is 0 Å². The van der Waals surface area contributed by atoms with Gasteiger partial charge in [-0.25, -0.2) is 0 Å². The maximum atomic E-state index is 10.9. The number of hydrogen-bond donors (Lipinski definition) is 2. The molecule has 0 aliphatic heterocycles. The van der Waals surface area contributed by atoms with Crippen molar-refractivity contribution >= 4 is 5.91 Å². The number of nitrogens with two attached hydrogens (primary N) is 1. The van der Waals surface area contributed by atoms with Crippen molar-refractivity contribution < 1.29 is 9.90 Å². The Morgan fingerprint density at radius 1 is 1.80 bits per heavy atom. The van der Waals surface area contributed by atoms with Crippen molar-refractivity contribution in [3.05, 3.63) is 0 Å². The van der Waals surface area contributed by atoms with Gasteiger partial charge in [0.15, 0.2) is 0 Å². The summed E-state index contributed by atoms with van der Waals surface area (Å²) in [5.74, 6) is -0.144. The zero-order chi connectivity index (χ0) is 8.15. The maximum absolute atomic E-state index is 10.9. The molecule has 0 aliphatic rings. The molecule has 0 spiro atoms. The van der Waals surface area contributed by atoms with E-state index in [0.717, 1.165) is 0 Å². The second kappa shape index (κ2) is 4.24. The van der Waals surface area contributed by atoms with Crippen molar-refractivity contribution in [3.63, 3.8) is 0 Å². The highest BCUT2D eigenvalue weighted by Crippen LogP contribution is 1.86. The lowest BCUT2D eigenvalue weighted by molar-refractivity contribution is -0.131. The van der Waals surface area contributed by atoms with Gasteiger partial charge in [-0.15, -0.1) is 0 Å². The van der Waals surface area contributed by atoms with Gasteiger partial charge in [-0.3, -0.25) is 4.79 Å². The van der Waals surface area contributed by atoms with Gasteiger partial charge in [0, 0.05) is 13.6 Å². The maximum Gasteiger partial charge on any atom is 0.239 e. The van der Waals surface area contributed by atoms with Crippen LogP contribution < -0.4 is 5.73 Å². The van der Waals surface area contributed by atoms with Crippen molar-refractivity contribution in [2.24, 2.45) is 5.73 Å². The van der Waals surface area contributed by atoms with E-state index < -0.39 is 6.04 Å². The number of amides is 1. The van der Waals surface area contributed by atoms with Gasteiger partial charge in [-0.2, -0.15) is 0 Å². The van der Waals surface area contributed by atoms with E-state index in [1.807, 2.05) is 0 Å². The van der Waals surface area contributed by atoms with Crippen molar-refractivity contribution in [3.8, 4) is 0 Å². The minimum Gasteiger partial charge on any atom is -0.395 e. The Kier molecular flexibility index (Phi) is 3.99. The normalized spacial score (nSPS) is 12.8. The monoisotopic (exact) mass is 146 g/mol. The van der Waals surface area contributed by atoms with Gasteiger partial charge in [-0.05, 0) is 6.92 Å². The van der Waals surface area contributed by atoms with Gasteiger partial charge < -0.3 is 15.7 Å². The quantitative estimate of drug-likeness (QED) is 0.524. The molecule has 0 aromatic rings. The van der Waals surface area contributed by atoms with Crippen LogP contribution in [0, 0.1) is 0 Å². The third-order valence-corrected chi connectivity index (χ3v) is 1.20. The molecule has 0 unspecified atom stereocenters. The van der Waals surface area contributed by atoms with Crippen LogP contribution in [-0.4, -0.2) is 42.2 Å². The molecule has 0 aromatic heterocycles. The van der Waals surface area contributed by atoms with Crippen LogP contribution in [0.15, 0.2) is 0 Å². The molecule has 0 radical (unpaired) electrons. The fraction of sp³-hybridized carbons (Fsp3) is 0.833. The van der Waals surface area contributed by atoms with E-state index in [0.29, 0.717) is 6.54 Å². The van der Waals surface area contributed by atoms with Crippen LogP contribution in [0.4, 0.5) is 0 Å². The van der Waals surface area contributed by atoms with Gasteiger partial charge in [0.2, 0.25) is 5.91 Å². The number of likely N-dealkylation sites (N-methyl/N-ethyl adjacent to an activating group) is 1. The third-order valence-electron chi connectivity index (χ3n) is 1.20. The molecule has 3 N–H and O–H groups in total. The number of carbonyl (C=O) groups excluding carboxylic acids is 1. The molecule has 0 aliphatic carbocycles. The van der Waals surface area contributed by atoms with E-state index in [9.17, 15) is 4.79 Å². The molecule has 0 heterocycles. The number of nitrogens with zero attached hydrogens (tertiary/aromatic N) is 1. The lowest BCUT2D eigenvalue weighted by Crippen LogP contribution is -2.40. The zero-order valence-electron chi connectivity index (χ0n) is 6.37. The Morgan fingerprint density at radius 3 is 2.60 bits per heavy atom. The highest BCUT2D eigenvalue weighted by atomic mass is 16.3. The molecule has 1 amide bonds. The summed E-state index contributed by atoms with van der Waals surface area (Å²) in [7, 11) is 1.61. The summed E-state index contributed by atoms with van der Waals surface area (Å²) in [5, 5.41) is 8.43. The molecule has 0 saturated heterocycles. The summed E-state index contributed by atoms with van der Waals surface area (Å²) in [6, 6.07) is -0.475. The van der Waals surface area contributed by atoms with E-state index in [1.54, 1.807) is 14.0 Å². The largest absolute Gasteiger partial charge is 0.395 e.